The van der Waals surface area contributed by atoms with Crippen LogP contribution in [0.5, 0.6) is 0 Å². The first-order valence-corrected chi connectivity index (χ1v) is 27.1. The molecule has 0 radical (unpaired) electrons. The summed E-state index contributed by atoms with van der Waals surface area (Å²) in [6.45, 7) is 10.3. The molecule has 0 aliphatic heterocycles. The Labute approximate surface area is 359 Å². The molecule has 0 aromatic rings. The van der Waals surface area contributed by atoms with Crippen molar-refractivity contribution < 1.29 is 0 Å². The fourth-order valence-electron chi connectivity index (χ4n) is 12.8. The quantitative estimate of drug-likeness (QED) is 0.127. The van der Waals surface area contributed by atoms with Crippen LogP contribution in [-0.4, -0.2) is 9.49 Å². The molecule has 5 unspecified atom stereocenters. The second-order valence-corrected chi connectivity index (χ2v) is 22.6. The molecule has 0 spiro atoms. The molecular weight excluding hydrogens is 701 g/mol. The normalized spacial score (nSPS) is 31.6. The van der Waals surface area contributed by atoms with Crippen molar-refractivity contribution in [2.75, 3.05) is 0 Å². The van der Waals surface area contributed by atoms with E-state index in [1.54, 1.807) is 0 Å². The van der Waals surface area contributed by atoms with Crippen molar-refractivity contribution in [3.63, 3.8) is 0 Å². The average molecular weight is 804 g/mol. The molecule has 326 valence electrons. The van der Waals surface area contributed by atoms with Crippen LogP contribution in [0, 0.1) is 22.7 Å². The molecular formula is C53H102S2. The summed E-state index contributed by atoms with van der Waals surface area (Å²) >= 11 is 12.5. The van der Waals surface area contributed by atoms with E-state index in [2.05, 4.69) is 27.7 Å². The first-order valence-electron chi connectivity index (χ1n) is 26.2. The highest BCUT2D eigenvalue weighted by Crippen LogP contribution is 2.70. The Morgan fingerprint density at radius 2 is 0.855 bits per heavy atom. The lowest BCUT2D eigenvalue weighted by atomic mass is 9.43. The van der Waals surface area contributed by atoms with E-state index in [0.717, 1.165) is 5.92 Å². The van der Waals surface area contributed by atoms with Gasteiger partial charge in [-0.05, 0) is 74.0 Å². The number of thiol groups is 2. The maximum Gasteiger partial charge on any atom is 0.0204 e. The summed E-state index contributed by atoms with van der Waals surface area (Å²) in [5.74, 6) is 1.40. The average Bonchev–Trinajstić information content (AvgIpc) is 3.18. The van der Waals surface area contributed by atoms with E-state index in [4.69, 9.17) is 25.3 Å². The molecule has 3 saturated carbocycles. The number of unbranched alkanes of at least 4 members (excludes halogenated alkanes) is 8. The van der Waals surface area contributed by atoms with Gasteiger partial charge in [0.25, 0.3) is 0 Å². The maximum absolute atomic E-state index is 6.34. The third kappa shape index (κ3) is 16.9. The zero-order chi connectivity index (χ0) is 39.6. The minimum atomic E-state index is 0.0763. The van der Waals surface area contributed by atoms with Crippen molar-refractivity contribution in [2.24, 2.45) is 22.7 Å². The van der Waals surface area contributed by atoms with Crippen LogP contribution in [0.2, 0.25) is 0 Å². The molecule has 55 heavy (non-hydrogen) atoms. The third-order valence-corrected chi connectivity index (χ3v) is 18.3. The molecule has 3 fully saturated rings. The highest BCUT2D eigenvalue weighted by molar-refractivity contribution is 7.83. The summed E-state index contributed by atoms with van der Waals surface area (Å²) < 4.78 is 0.184. The standard InChI is InChI=1S/C53H102S2/c1-5-7-9-11-29-34-40-48(3)53(55)47-52(54,45-39-10-8-6-2)51(50(4)42-36-31-26-22-18-15-16-19-23-27-32-37-43-50)44-38-33-28-24-20-14-12-13-17-21-25-30-35-41-49(53)46-51/h48-49,54-55H,5-47H2,1-4H3. The fourth-order valence-corrected chi connectivity index (χ4v) is 14.4. The van der Waals surface area contributed by atoms with E-state index in [1.165, 1.54) is 276 Å². The number of hydrogen-bond donors (Lipinski definition) is 2. The van der Waals surface area contributed by atoms with Gasteiger partial charge in [-0.1, -0.05) is 252 Å². The lowest BCUT2D eigenvalue weighted by molar-refractivity contribution is -0.0875. The van der Waals surface area contributed by atoms with Gasteiger partial charge < -0.3 is 0 Å². The third-order valence-electron chi connectivity index (χ3n) is 16.6. The van der Waals surface area contributed by atoms with Gasteiger partial charge in [-0.15, -0.1) is 0 Å². The van der Waals surface area contributed by atoms with Gasteiger partial charge in [0.15, 0.2) is 0 Å². The number of fused-ring (bicyclic) bond motifs is 2. The largest absolute Gasteiger partial charge is 0.172 e. The highest BCUT2D eigenvalue weighted by atomic mass is 32.1. The van der Waals surface area contributed by atoms with Crippen molar-refractivity contribution in [1.29, 1.82) is 0 Å². The van der Waals surface area contributed by atoms with Gasteiger partial charge in [-0.25, -0.2) is 0 Å². The van der Waals surface area contributed by atoms with Gasteiger partial charge in [0.2, 0.25) is 0 Å². The molecule has 2 heteroatoms. The minimum Gasteiger partial charge on any atom is -0.172 e. The van der Waals surface area contributed by atoms with Crippen LogP contribution < -0.4 is 0 Å². The first-order chi connectivity index (χ1) is 26.8. The van der Waals surface area contributed by atoms with E-state index in [-0.39, 0.29) is 9.49 Å². The minimum absolute atomic E-state index is 0.0763. The second-order valence-electron chi connectivity index (χ2n) is 20.9. The summed E-state index contributed by atoms with van der Waals surface area (Å²) in [5, 5.41) is 0. The molecule has 0 aromatic heterocycles. The zero-order valence-corrected chi connectivity index (χ0v) is 40.2. The Morgan fingerprint density at radius 1 is 0.473 bits per heavy atom. The fraction of sp³-hybridized carbons (Fsp3) is 1.00. The SMILES string of the molecule is CCCCCCCCC(C)C1(S)CC(S)(CCCCCC)C2(C3(C)CCCCCCCCCCCCCC3)CCCCCCCCCCCCCCCC1C2. The predicted molar refractivity (Wildman–Crippen MR) is 257 cm³/mol. The van der Waals surface area contributed by atoms with Crippen LogP contribution in [0.3, 0.4) is 0 Å². The molecule has 3 aliphatic rings. The van der Waals surface area contributed by atoms with Crippen molar-refractivity contribution in [3.8, 4) is 0 Å². The van der Waals surface area contributed by atoms with Crippen LogP contribution in [0.4, 0.5) is 0 Å². The smallest absolute Gasteiger partial charge is 0.0204 e. The Kier molecular flexibility index (Phi) is 26.4. The van der Waals surface area contributed by atoms with Crippen molar-refractivity contribution in [3.05, 3.63) is 0 Å². The molecule has 0 aromatic carbocycles. The number of hydrogen-bond acceptors (Lipinski definition) is 2. The van der Waals surface area contributed by atoms with E-state index in [9.17, 15) is 0 Å². The summed E-state index contributed by atoms with van der Waals surface area (Å²) in [7, 11) is 0. The Balaban J connectivity index is 2.06. The van der Waals surface area contributed by atoms with Crippen LogP contribution in [0.15, 0.2) is 0 Å². The summed E-state index contributed by atoms with van der Waals surface area (Å²) in [4.78, 5) is 0. The molecule has 0 heterocycles. The van der Waals surface area contributed by atoms with Gasteiger partial charge in [-0.2, -0.15) is 25.3 Å². The van der Waals surface area contributed by atoms with Gasteiger partial charge in [-0.3, -0.25) is 0 Å². The van der Waals surface area contributed by atoms with Crippen molar-refractivity contribution >= 4 is 25.3 Å². The Morgan fingerprint density at radius 3 is 1.33 bits per heavy atom. The monoisotopic (exact) mass is 803 g/mol. The van der Waals surface area contributed by atoms with Gasteiger partial charge >= 0.3 is 0 Å². The lowest BCUT2D eigenvalue weighted by Crippen LogP contribution is -2.64. The summed E-state index contributed by atoms with van der Waals surface area (Å²) in [6.07, 6.45) is 61.6. The molecule has 0 saturated heterocycles. The molecule has 0 nitrogen and oxygen atoms in total. The molecule has 0 N–H and O–H groups in total. The van der Waals surface area contributed by atoms with Crippen LogP contribution in [0.1, 0.15) is 304 Å². The summed E-state index contributed by atoms with van der Waals surface area (Å²) in [5.41, 5.74) is 0.682. The summed E-state index contributed by atoms with van der Waals surface area (Å²) in [6, 6.07) is 0. The highest BCUT2D eigenvalue weighted by Gasteiger charge is 2.65. The van der Waals surface area contributed by atoms with E-state index in [0.29, 0.717) is 16.7 Å². The van der Waals surface area contributed by atoms with E-state index < -0.39 is 0 Å². The first kappa shape index (κ1) is 50.1. The van der Waals surface area contributed by atoms with Gasteiger partial charge in [0.1, 0.15) is 0 Å². The topological polar surface area (TPSA) is 0 Å². The molecule has 0 amide bonds. The Hall–Kier alpha value is 0.700. The van der Waals surface area contributed by atoms with E-state index in [1.807, 2.05) is 0 Å². The Bertz CT molecular complexity index is 898. The lowest BCUT2D eigenvalue weighted by Gasteiger charge is -2.67. The van der Waals surface area contributed by atoms with Crippen molar-refractivity contribution in [1.82, 2.24) is 0 Å². The zero-order valence-electron chi connectivity index (χ0n) is 38.5. The second kappa shape index (κ2) is 29.0. The van der Waals surface area contributed by atoms with E-state index >= 15 is 0 Å². The van der Waals surface area contributed by atoms with Crippen LogP contribution in [-0.2, 0) is 0 Å². The molecule has 3 aliphatic carbocycles. The van der Waals surface area contributed by atoms with Crippen molar-refractivity contribution in [2.45, 2.75) is 313 Å². The van der Waals surface area contributed by atoms with Gasteiger partial charge in [0.05, 0.1) is 0 Å². The van der Waals surface area contributed by atoms with Crippen LogP contribution in [0.25, 0.3) is 0 Å². The number of rotatable bonds is 14. The van der Waals surface area contributed by atoms with Crippen LogP contribution >= 0.6 is 25.3 Å². The maximum atomic E-state index is 6.34. The predicted octanol–water partition coefficient (Wildman–Crippen LogP) is 19.4. The molecule has 2 bridgehead atoms. The molecule has 5 atom stereocenters. The molecule has 3 rings (SSSR count). The van der Waals surface area contributed by atoms with Gasteiger partial charge in [0, 0.05) is 9.49 Å².